The topological polar surface area (TPSA) is 59.1 Å². The third-order valence-electron chi connectivity index (χ3n) is 3.37. The minimum absolute atomic E-state index is 0.0886. The van der Waals surface area contributed by atoms with E-state index >= 15 is 0 Å². The summed E-state index contributed by atoms with van der Waals surface area (Å²) < 4.78 is 10.4. The molecular weight excluding hydrogens is 272 g/mol. The summed E-state index contributed by atoms with van der Waals surface area (Å²) in [5.41, 5.74) is -0.494. The molecule has 6 heteroatoms. The van der Waals surface area contributed by atoms with Crippen molar-refractivity contribution in [1.82, 2.24) is 9.80 Å². The molecule has 0 radical (unpaired) electrons. The third-order valence-corrected chi connectivity index (χ3v) is 3.37. The van der Waals surface area contributed by atoms with Gasteiger partial charge in [-0.15, -0.1) is 0 Å². The standard InChI is InChI=1S/C15H28N2O4/c1-7-20-13(18)10-17-11(2)8-16(9-12(17)3)14(19)21-15(4,5)6/h11-12H,7-10H2,1-6H3/t11-,12+. The van der Waals surface area contributed by atoms with Crippen molar-refractivity contribution in [2.75, 3.05) is 26.2 Å². The van der Waals surface area contributed by atoms with E-state index in [1.807, 2.05) is 34.6 Å². The molecule has 0 aromatic carbocycles. The number of esters is 1. The van der Waals surface area contributed by atoms with Crippen LogP contribution in [0.2, 0.25) is 0 Å². The Bertz CT molecular complexity index is 366. The average molecular weight is 300 g/mol. The molecular formula is C15H28N2O4. The Kier molecular flexibility index (Phi) is 6.01. The number of amides is 1. The van der Waals surface area contributed by atoms with Gasteiger partial charge in [-0.2, -0.15) is 0 Å². The Morgan fingerprint density at radius 1 is 1.14 bits per heavy atom. The van der Waals surface area contributed by atoms with E-state index in [9.17, 15) is 9.59 Å². The molecule has 1 aliphatic rings. The van der Waals surface area contributed by atoms with Crippen LogP contribution in [0.3, 0.4) is 0 Å². The van der Waals surface area contributed by atoms with Crippen LogP contribution >= 0.6 is 0 Å². The highest BCUT2D eigenvalue weighted by atomic mass is 16.6. The summed E-state index contributed by atoms with van der Waals surface area (Å²) in [4.78, 5) is 27.5. The van der Waals surface area contributed by atoms with Gasteiger partial charge in [0.2, 0.25) is 0 Å². The minimum atomic E-state index is -0.494. The van der Waals surface area contributed by atoms with Gasteiger partial charge in [-0.1, -0.05) is 0 Å². The minimum Gasteiger partial charge on any atom is -0.465 e. The Balaban J connectivity index is 2.61. The molecule has 1 aliphatic heterocycles. The molecule has 0 unspecified atom stereocenters. The maximum Gasteiger partial charge on any atom is 0.410 e. The average Bonchev–Trinajstić information content (AvgIpc) is 2.31. The summed E-state index contributed by atoms with van der Waals surface area (Å²) >= 11 is 0. The van der Waals surface area contributed by atoms with Crippen molar-refractivity contribution in [2.45, 2.75) is 59.2 Å². The largest absolute Gasteiger partial charge is 0.465 e. The highest BCUT2D eigenvalue weighted by molar-refractivity contribution is 5.72. The van der Waals surface area contributed by atoms with Crippen LogP contribution in [0.5, 0.6) is 0 Å². The highest BCUT2D eigenvalue weighted by Gasteiger charge is 2.34. The highest BCUT2D eigenvalue weighted by Crippen LogP contribution is 2.18. The molecule has 0 aromatic heterocycles. The lowest BCUT2D eigenvalue weighted by atomic mass is 10.1. The van der Waals surface area contributed by atoms with Crippen molar-refractivity contribution < 1.29 is 19.1 Å². The van der Waals surface area contributed by atoms with E-state index < -0.39 is 5.60 Å². The fraction of sp³-hybridized carbons (Fsp3) is 0.867. The van der Waals surface area contributed by atoms with Gasteiger partial charge in [-0.25, -0.2) is 4.79 Å². The number of ether oxygens (including phenoxy) is 2. The van der Waals surface area contributed by atoms with Gasteiger partial charge >= 0.3 is 12.1 Å². The Labute approximate surface area is 127 Å². The second-order valence-corrected chi connectivity index (χ2v) is 6.56. The molecule has 1 saturated heterocycles. The number of hydrogen-bond acceptors (Lipinski definition) is 5. The smallest absolute Gasteiger partial charge is 0.410 e. The van der Waals surface area contributed by atoms with Crippen molar-refractivity contribution in [3.8, 4) is 0 Å². The number of rotatable bonds is 3. The summed E-state index contributed by atoms with van der Waals surface area (Å²) in [6.45, 7) is 13.1. The third kappa shape index (κ3) is 5.53. The lowest BCUT2D eigenvalue weighted by Crippen LogP contribution is -2.59. The molecule has 6 nitrogen and oxygen atoms in total. The lowest BCUT2D eigenvalue weighted by molar-refractivity contribution is -0.146. The van der Waals surface area contributed by atoms with Crippen LogP contribution in [0.1, 0.15) is 41.5 Å². The molecule has 0 aromatic rings. The number of carbonyl (C=O) groups is 2. The zero-order chi connectivity index (χ0) is 16.2. The van der Waals surface area contributed by atoms with Crippen LogP contribution in [0.25, 0.3) is 0 Å². The van der Waals surface area contributed by atoms with E-state index in [1.54, 1.807) is 11.8 Å². The molecule has 0 spiro atoms. The maximum absolute atomic E-state index is 12.1. The van der Waals surface area contributed by atoms with E-state index in [-0.39, 0.29) is 30.7 Å². The van der Waals surface area contributed by atoms with Crippen LogP contribution in [0, 0.1) is 0 Å². The predicted octanol–water partition coefficient (Wildman–Crippen LogP) is 1.88. The molecule has 0 saturated carbocycles. The molecule has 1 amide bonds. The number of hydrogen-bond donors (Lipinski definition) is 0. The van der Waals surface area contributed by atoms with Gasteiger partial charge in [-0.3, -0.25) is 9.69 Å². The van der Waals surface area contributed by atoms with Crippen molar-refractivity contribution in [1.29, 1.82) is 0 Å². The number of nitrogens with zero attached hydrogens (tertiary/aromatic N) is 2. The van der Waals surface area contributed by atoms with Gasteiger partial charge in [0.1, 0.15) is 5.60 Å². The second kappa shape index (κ2) is 7.11. The Morgan fingerprint density at radius 2 is 1.67 bits per heavy atom. The predicted molar refractivity (Wildman–Crippen MR) is 80.1 cm³/mol. The maximum atomic E-state index is 12.1. The van der Waals surface area contributed by atoms with Gasteiger partial charge in [-0.05, 0) is 41.5 Å². The van der Waals surface area contributed by atoms with Gasteiger partial charge in [0.05, 0.1) is 13.2 Å². The first kappa shape index (κ1) is 17.8. The van der Waals surface area contributed by atoms with Crippen LogP contribution in [0.15, 0.2) is 0 Å². The van der Waals surface area contributed by atoms with Crippen molar-refractivity contribution >= 4 is 12.1 Å². The summed E-state index contributed by atoms with van der Waals surface area (Å²) in [5, 5.41) is 0. The van der Waals surface area contributed by atoms with Gasteiger partial charge in [0.15, 0.2) is 0 Å². The molecule has 1 heterocycles. The summed E-state index contributed by atoms with van der Waals surface area (Å²) in [6.07, 6.45) is -0.294. The summed E-state index contributed by atoms with van der Waals surface area (Å²) in [7, 11) is 0. The van der Waals surface area contributed by atoms with Gasteiger partial charge in [0.25, 0.3) is 0 Å². The molecule has 2 atom stereocenters. The summed E-state index contributed by atoms with van der Waals surface area (Å²) in [6, 6.07) is 0.177. The Morgan fingerprint density at radius 3 is 2.10 bits per heavy atom. The Hall–Kier alpha value is -1.30. The number of carbonyl (C=O) groups excluding carboxylic acids is 2. The van der Waals surface area contributed by atoms with Crippen LogP contribution in [-0.2, 0) is 14.3 Å². The fourth-order valence-corrected chi connectivity index (χ4v) is 2.50. The summed E-state index contributed by atoms with van der Waals surface area (Å²) in [5.74, 6) is -0.220. The molecule has 21 heavy (non-hydrogen) atoms. The normalized spacial score (nSPS) is 23.8. The first-order valence-corrected chi connectivity index (χ1v) is 7.53. The van der Waals surface area contributed by atoms with E-state index in [4.69, 9.17) is 9.47 Å². The molecule has 122 valence electrons. The first-order valence-electron chi connectivity index (χ1n) is 7.53. The van der Waals surface area contributed by atoms with E-state index in [0.29, 0.717) is 19.7 Å². The van der Waals surface area contributed by atoms with Gasteiger partial charge < -0.3 is 14.4 Å². The molecule has 1 fully saturated rings. The molecule has 0 aliphatic carbocycles. The quantitative estimate of drug-likeness (QED) is 0.745. The van der Waals surface area contributed by atoms with Crippen molar-refractivity contribution in [2.24, 2.45) is 0 Å². The van der Waals surface area contributed by atoms with E-state index in [2.05, 4.69) is 4.90 Å². The SMILES string of the molecule is CCOC(=O)CN1[C@H](C)CN(C(=O)OC(C)(C)C)C[C@@H]1C. The zero-order valence-electron chi connectivity index (χ0n) is 14.0. The number of piperazine rings is 1. The van der Waals surface area contributed by atoms with Gasteiger partial charge in [0, 0.05) is 25.2 Å². The van der Waals surface area contributed by atoms with Crippen LogP contribution in [-0.4, -0.2) is 65.8 Å². The van der Waals surface area contributed by atoms with Crippen LogP contribution in [0.4, 0.5) is 4.79 Å². The molecule has 0 bridgehead atoms. The monoisotopic (exact) mass is 300 g/mol. The van der Waals surface area contributed by atoms with Crippen molar-refractivity contribution in [3.05, 3.63) is 0 Å². The van der Waals surface area contributed by atoms with Crippen LogP contribution < -0.4 is 0 Å². The fourth-order valence-electron chi connectivity index (χ4n) is 2.50. The zero-order valence-corrected chi connectivity index (χ0v) is 14.0. The van der Waals surface area contributed by atoms with E-state index in [1.165, 1.54) is 0 Å². The molecule has 1 rings (SSSR count). The lowest BCUT2D eigenvalue weighted by Gasteiger charge is -2.43. The first-order chi connectivity index (χ1) is 9.64. The second-order valence-electron chi connectivity index (χ2n) is 6.56. The van der Waals surface area contributed by atoms with Crippen molar-refractivity contribution in [3.63, 3.8) is 0 Å². The van der Waals surface area contributed by atoms with E-state index in [0.717, 1.165) is 0 Å². The molecule has 0 N–H and O–H groups in total.